The minimum absolute atomic E-state index is 0.0519. The number of rotatable bonds is 6. The van der Waals surface area contributed by atoms with Crippen molar-refractivity contribution in [2.75, 3.05) is 7.11 Å². The van der Waals surface area contributed by atoms with Crippen LogP contribution in [0.5, 0.6) is 11.5 Å². The van der Waals surface area contributed by atoms with E-state index in [0.717, 1.165) is 15.8 Å². The molecule has 0 aliphatic heterocycles. The summed E-state index contributed by atoms with van der Waals surface area (Å²) in [5.41, 5.74) is 0.737. The van der Waals surface area contributed by atoms with Gasteiger partial charge in [-0.25, -0.2) is 0 Å². The molecule has 1 aromatic rings. The zero-order valence-electron chi connectivity index (χ0n) is 21.5. The zero-order chi connectivity index (χ0) is 24.1. The SMILES string of the molecule is CC(C)(C)[Si](C)(C)O[Si](C)(C)C(C)(C)C.COc1cc(OC(C)C)c(Br)cc1CO. The van der Waals surface area contributed by atoms with Crippen LogP contribution in [0.15, 0.2) is 16.6 Å². The van der Waals surface area contributed by atoms with Crippen LogP contribution in [0.1, 0.15) is 61.0 Å². The number of methoxy groups -OCH3 is 1. The van der Waals surface area contributed by atoms with Crippen molar-refractivity contribution < 1.29 is 18.7 Å². The highest BCUT2D eigenvalue weighted by Crippen LogP contribution is 2.44. The maximum Gasteiger partial charge on any atom is 0.178 e. The average Bonchev–Trinajstić information content (AvgIpc) is 2.53. The van der Waals surface area contributed by atoms with Crippen molar-refractivity contribution in [3.05, 3.63) is 22.2 Å². The lowest BCUT2D eigenvalue weighted by atomic mass is 10.2. The highest BCUT2D eigenvalue weighted by atomic mass is 79.9. The van der Waals surface area contributed by atoms with E-state index in [1.165, 1.54) is 0 Å². The summed E-state index contributed by atoms with van der Waals surface area (Å²) in [6.45, 7) is 27.2. The first-order valence-electron chi connectivity index (χ1n) is 10.6. The second kappa shape index (κ2) is 11.0. The van der Waals surface area contributed by atoms with Gasteiger partial charge in [-0.05, 0) is 72.1 Å². The molecule has 1 aromatic carbocycles. The summed E-state index contributed by atoms with van der Waals surface area (Å²) in [4.78, 5) is 0. The van der Waals surface area contributed by atoms with Crippen LogP contribution in [0, 0.1) is 0 Å². The lowest BCUT2D eigenvalue weighted by molar-refractivity contribution is 0.238. The van der Waals surface area contributed by atoms with E-state index in [2.05, 4.69) is 83.7 Å². The molecule has 0 amide bonds. The normalized spacial score (nSPS) is 13.1. The minimum atomic E-state index is -1.59. The molecule has 0 unspecified atom stereocenters. The van der Waals surface area contributed by atoms with Gasteiger partial charge in [0.1, 0.15) is 11.5 Å². The third-order valence-corrected chi connectivity index (χ3v) is 17.9. The zero-order valence-corrected chi connectivity index (χ0v) is 25.1. The third-order valence-electron chi connectivity index (χ3n) is 5.99. The Hall–Kier alpha value is -0.346. The van der Waals surface area contributed by atoms with Crippen molar-refractivity contribution in [3.63, 3.8) is 0 Å². The summed E-state index contributed by atoms with van der Waals surface area (Å²) in [7, 11) is -1.61. The van der Waals surface area contributed by atoms with Crippen LogP contribution in [-0.4, -0.2) is 35.0 Å². The van der Waals surface area contributed by atoms with Crippen LogP contribution < -0.4 is 9.47 Å². The van der Waals surface area contributed by atoms with Crippen molar-refractivity contribution in [1.29, 1.82) is 0 Å². The number of hydrogen-bond acceptors (Lipinski definition) is 4. The number of aliphatic hydroxyl groups is 1. The van der Waals surface area contributed by atoms with Crippen molar-refractivity contribution >= 4 is 32.6 Å². The molecule has 0 bridgehead atoms. The number of aliphatic hydroxyl groups excluding tert-OH is 1. The number of benzene rings is 1. The van der Waals surface area contributed by atoms with Crippen LogP contribution in [0.3, 0.4) is 0 Å². The van der Waals surface area contributed by atoms with Gasteiger partial charge in [0.2, 0.25) is 0 Å². The molecule has 0 saturated carbocycles. The van der Waals surface area contributed by atoms with E-state index < -0.39 is 16.6 Å². The summed E-state index contributed by atoms with van der Waals surface area (Å²) < 4.78 is 18.2. The fraction of sp³-hybridized carbons (Fsp3) is 0.739. The molecule has 0 fully saturated rings. The summed E-state index contributed by atoms with van der Waals surface area (Å²) in [6, 6.07) is 3.58. The molecular formula is C23H45BrO4Si2. The predicted octanol–water partition coefficient (Wildman–Crippen LogP) is 7.75. The van der Waals surface area contributed by atoms with Gasteiger partial charge < -0.3 is 18.7 Å². The first-order valence-corrected chi connectivity index (χ1v) is 17.2. The lowest BCUT2D eigenvalue weighted by Crippen LogP contribution is -2.53. The maximum atomic E-state index is 9.11. The molecule has 0 aromatic heterocycles. The monoisotopic (exact) mass is 520 g/mol. The highest BCUT2D eigenvalue weighted by molar-refractivity contribution is 9.10. The summed E-state index contributed by atoms with van der Waals surface area (Å²) in [5, 5.41) is 9.75. The molecule has 0 spiro atoms. The van der Waals surface area contributed by atoms with Gasteiger partial charge >= 0.3 is 0 Å². The van der Waals surface area contributed by atoms with Gasteiger partial charge in [-0.15, -0.1) is 0 Å². The standard InChI is InChI=1S/C12H30OSi2.C11H15BrO3/c1-11(2,3)14(7,8)13-15(9,10)12(4,5)6;1-7(2)15-11-5-10(14-3)8(6-13)4-9(11)12/h1-10H3;4-5,7,13H,6H2,1-3H3. The quantitative estimate of drug-likeness (QED) is 0.389. The fourth-order valence-electron chi connectivity index (χ4n) is 2.18. The van der Waals surface area contributed by atoms with E-state index in [1.54, 1.807) is 19.2 Å². The molecule has 4 nitrogen and oxygen atoms in total. The van der Waals surface area contributed by atoms with E-state index in [9.17, 15) is 0 Å². The molecule has 1 rings (SSSR count). The van der Waals surface area contributed by atoms with Crippen molar-refractivity contribution in [2.24, 2.45) is 0 Å². The summed E-state index contributed by atoms with van der Waals surface area (Å²) in [5.74, 6) is 1.36. The Morgan fingerprint density at radius 1 is 0.900 bits per heavy atom. The molecule has 176 valence electrons. The molecule has 0 saturated heterocycles. The Morgan fingerprint density at radius 2 is 1.33 bits per heavy atom. The Balaban J connectivity index is 0.000000561. The van der Waals surface area contributed by atoms with Crippen LogP contribution in [0.4, 0.5) is 0 Å². The van der Waals surface area contributed by atoms with Crippen molar-refractivity contribution in [1.82, 2.24) is 0 Å². The van der Waals surface area contributed by atoms with Gasteiger partial charge in [-0.2, -0.15) is 0 Å². The second-order valence-corrected chi connectivity index (χ2v) is 21.8. The van der Waals surface area contributed by atoms with E-state index in [-0.39, 0.29) is 12.7 Å². The van der Waals surface area contributed by atoms with Gasteiger partial charge in [0.25, 0.3) is 0 Å². The third kappa shape index (κ3) is 8.65. The van der Waals surface area contributed by atoms with Gasteiger partial charge in [0.15, 0.2) is 16.6 Å². The molecule has 0 aliphatic carbocycles. The molecule has 0 heterocycles. The second-order valence-electron chi connectivity index (χ2n) is 11.0. The van der Waals surface area contributed by atoms with Crippen LogP contribution in [-0.2, 0) is 10.7 Å². The smallest absolute Gasteiger partial charge is 0.178 e. The predicted molar refractivity (Wildman–Crippen MR) is 138 cm³/mol. The van der Waals surface area contributed by atoms with Crippen LogP contribution in [0.2, 0.25) is 36.3 Å². The fourth-order valence-corrected chi connectivity index (χ4v) is 10.2. The van der Waals surface area contributed by atoms with Gasteiger partial charge in [0.05, 0.1) is 24.3 Å². The number of halogens is 1. The van der Waals surface area contributed by atoms with Crippen LogP contribution >= 0.6 is 15.9 Å². The molecular weight excluding hydrogens is 476 g/mol. The molecule has 30 heavy (non-hydrogen) atoms. The highest BCUT2D eigenvalue weighted by Gasteiger charge is 2.46. The Labute approximate surface area is 196 Å². The lowest BCUT2D eigenvalue weighted by Gasteiger charge is -2.47. The average molecular weight is 522 g/mol. The minimum Gasteiger partial charge on any atom is -0.496 e. The van der Waals surface area contributed by atoms with Gasteiger partial charge in [0, 0.05) is 11.6 Å². The van der Waals surface area contributed by atoms with E-state index in [4.69, 9.17) is 18.7 Å². The number of ether oxygens (including phenoxy) is 2. The molecule has 1 N–H and O–H groups in total. The Kier molecular flexibility index (Phi) is 10.9. The van der Waals surface area contributed by atoms with Gasteiger partial charge in [-0.3, -0.25) is 0 Å². The molecule has 0 atom stereocenters. The van der Waals surface area contributed by atoms with E-state index >= 15 is 0 Å². The Bertz CT molecular complexity index is 651. The summed E-state index contributed by atoms with van der Waals surface area (Å²) >= 11 is 3.39. The van der Waals surface area contributed by atoms with Crippen LogP contribution in [0.25, 0.3) is 0 Å². The topological polar surface area (TPSA) is 47.9 Å². The van der Waals surface area contributed by atoms with Crippen molar-refractivity contribution in [3.8, 4) is 11.5 Å². The summed E-state index contributed by atoms with van der Waals surface area (Å²) in [6.07, 6.45) is 0.103. The molecule has 7 heteroatoms. The largest absolute Gasteiger partial charge is 0.496 e. The molecule has 0 radical (unpaired) electrons. The van der Waals surface area contributed by atoms with E-state index in [1.807, 2.05) is 13.8 Å². The van der Waals surface area contributed by atoms with Gasteiger partial charge in [-0.1, -0.05) is 41.5 Å². The molecule has 0 aliphatic rings. The van der Waals surface area contributed by atoms with E-state index in [0.29, 0.717) is 15.8 Å². The van der Waals surface area contributed by atoms with Crippen molar-refractivity contribution in [2.45, 2.75) is 104 Å². The Morgan fingerprint density at radius 3 is 1.63 bits per heavy atom. The maximum absolute atomic E-state index is 9.11. The number of hydrogen-bond donors (Lipinski definition) is 1. The first-order chi connectivity index (χ1) is 13.3. The first kappa shape index (κ1) is 29.7.